The van der Waals surface area contributed by atoms with Gasteiger partial charge in [-0.05, 0) is 29.7 Å². The van der Waals surface area contributed by atoms with Crippen molar-refractivity contribution in [2.75, 3.05) is 10.6 Å². The smallest absolute Gasteiger partial charge is 0.353 e. The third kappa shape index (κ3) is 4.64. The van der Waals surface area contributed by atoms with Gasteiger partial charge in [-0.1, -0.05) is 66.7 Å². The molecule has 4 aromatic rings. The van der Waals surface area contributed by atoms with Crippen LogP contribution in [0.5, 0.6) is 0 Å². The summed E-state index contributed by atoms with van der Waals surface area (Å²) in [6.07, 6.45) is 2.97. The Morgan fingerprint density at radius 3 is 2.00 bits per heavy atom. The summed E-state index contributed by atoms with van der Waals surface area (Å²) < 4.78 is 0. The SMILES string of the molecule is Cc1ccc(Nc2ncnc(NC(c3ccccc3)c3ccccc3)c2[N+](=O)[O-])nc1. The van der Waals surface area contributed by atoms with Gasteiger partial charge >= 0.3 is 5.69 Å². The molecule has 0 unspecified atom stereocenters. The second-order valence-electron chi connectivity index (χ2n) is 6.92. The highest BCUT2D eigenvalue weighted by atomic mass is 16.6. The number of hydrogen-bond donors (Lipinski definition) is 2. The topological polar surface area (TPSA) is 106 Å². The maximum Gasteiger partial charge on any atom is 0.353 e. The third-order valence-corrected chi connectivity index (χ3v) is 4.71. The molecule has 2 aromatic heterocycles. The van der Waals surface area contributed by atoms with Crippen LogP contribution in [0, 0.1) is 17.0 Å². The number of aryl methyl sites for hydroxylation is 1. The molecule has 0 saturated carbocycles. The number of nitrogens with one attached hydrogen (secondary N) is 2. The number of hydrogen-bond acceptors (Lipinski definition) is 7. The van der Waals surface area contributed by atoms with Gasteiger partial charge in [0, 0.05) is 6.20 Å². The molecule has 8 heteroatoms. The van der Waals surface area contributed by atoms with E-state index in [0.717, 1.165) is 16.7 Å². The first kappa shape index (κ1) is 20.0. The van der Waals surface area contributed by atoms with E-state index in [0.29, 0.717) is 5.82 Å². The average Bonchev–Trinajstić information content (AvgIpc) is 2.80. The number of anilines is 3. The van der Waals surface area contributed by atoms with E-state index in [1.165, 1.54) is 6.33 Å². The summed E-state index contributed by atoms with van der Waals surface area (Å²) in [5, 5.41) is 18.1. The summed E-state index contributed by atoms with van der Waals surface area (Å²) in [5.74, 6) is 0.645. The van der Waals surface area contributed by atoms with Crippen LogP contribution in [-0.4, -0.2) is 19.9 Å². The summed E-state index contributed by atoms with van der Waals surface area (Å²) in [6.45, 7) is 1.92. The molecule has 0 saturated heterocycles. The van der Waals surface area contributed by atoms with Crippen molar-refractivity contribution in [3.8, 4) is 0 Å². The lowest BCUT2D eigenvalue weighted by atomic mass is 9.99. The van der Waals surface area contributed by atoms with Gasteiger partial charge in [0.2, 0.25) is 11.6 Å². The number of nitrogens with zero attached hydrogens (tertiary/aromatic N) is 4. The molecule has 0 bridgehead atoms. The fourth-order valence-corrected chi connectivity index (χ4v) is 3.20. The summed E-state index contributed by atoms with van der Waals surface area (Å²) >= 11 is 0. The van der Waals surface area contributed by atoms with Gasteiger partial charge in [0.05, 0.1) is 11.0 Å². The molecule has 0 radical (unpaired) electrons. The molecular weight excluding hydrogens is 392 g/mol. The number of benzene rings is 2. The van der Waals surface area contributed by atoms with Crippen LogP contribution in [0.2, 0.25) is 0 Å². The Balaban J connectivity index is 1.74. The van der Waals surface area contributed by atoms with E-state index < -0.39 is 4.92 Å². The monoisotopic (exact) mass is 412 g/mol. The quantitative estimate of drug-likeness (QED) is 0.324. The molecule has 2 aromatic carbocycles. The molecule has 0 aliphatic heterocycles. The lowest BCUT2D eigenvalue weighted by Gasteiger charge is -2.20. The van der Waals surface area contributed by atoms with Crippen molar-refractivity contribution < 1.29 is 4.92 Å². The Morgan fingerprint density at radius 2 is 1.45 bits per heavy atom. The zero-order chi connectivity index (χ0) is 21.6. The lowest BCUT2D eigenvalue weighted by Crippen LogP contribution is -2.15. The Hall–Kier alpha value is -4.33. The molecule has 0 aliphatic carbocycles. The number of nitro groups is 1. The minimum Gasteiger partial charge on any atom is -0.353 e. The van der Waals surface area contributed by atoms with Crippen molar-refractivity contribution in [3.63, 3.8) is 0 Å². The van der Waals surface area contributed by atoms with Crippen molar-refractivity contribution in [2.45, 2.75) is 13.0 Å². The van der Waals surface area contributed by atoms with Crippen molar-refractivity contribution in [3.05, 3.63) is 112 Å². The van der Waals surface area contributed by atoms with Crippen molar-refractivity contribution >= 4 is 23.1 Å². The van der Waals surface area contributed by atoms with Gasteiger partial charge in [-0.2, -0.15) is 0 Å². The Bertz CT molecular complexity index is 1130. The van der Waals surface area contributed by atoms with Crippen LogP contribution >= 0.6 is 0 Å². The van der Waals surface area contributed by atoms with Gasteiger partial charge in [-0.25, -0.2) is 15.0 Å². The van der Waals surface area contributed by atoms with E-state index in [9.17, 15) is 10.1 Å². The van der Waals surface area contributed by atoms with Crippen LogP contribution in [0.25, 0.3) is 0 Å². The molecule has 0 fully saturated rings. The Kier molecular flexibility index (Phi) is 5.79. The standard InChI is InChI=1S/C23H20N6O2/c1-16-12-13-19(24-14-16)27-22-21(29(30)31)23(26-15-25-22)28-20(17-8-4-2-5-9-17)18-10-6-3-7-11-18/h2-15,20H,1H3,(H2,24,25,26,27,28). The third-order valence-electron chi connectivity index (χ3n) is 4.71. The fraction of sp³-hybridized carbons (Fsp3) is 0.0870. The lowest BCUT2D eigenvalue weighted by molar-refractivity contribution is -0.383. The van der Waals surface area contributed by atoms with Gasteiger partial charge in [0.1, 0.15) is 12.1 Å². The molecule has 8 nitrogen and oxygen atoms in total. The second kappa shape index (κ2) is 9.00. The molecule has 154 valence electrons. The van der Waals surface area contributed by atoms with Gasteiger partial charge in [-0.15, -0.1) is 0 Å². The molecule has 4 rings (SSSR count). The largest absolute Gasteiger partial charge is 0.353 e. The second-order valence-corrected chi connectivity index (χ2v) is 6.92. The van der Waals surface area contributed by atoms with Crippen LogP contribution in [0.1, 0.15) is 22.7 Å². The first-order valence-corrected chi connectivity index (χ1v) is 9.67. The highest BCUT2D eigenvalue weighted by molar-refractivity contribution is 5.73. The van der Waals surface area contributed by atoms with E-state index in [4.69, 9.17) is 0 Å². The Morgan fingerprint density at radius 1 is 0.839 bits per heavy atom. The normalized spacial score (nSPS) is 10.6. The molecule has 0 amide bonds. The summed E-state index contributed by atoms with van der Waals surface area (Å²) in [6, 6.07) is 22.7. The van der Waals surface area contributed by atoms with Crippen molar-refractivity contribution in [1.29, 1.82) is 0 Å². The number of aromatic nitrogens is 3. The number of pyridine rings is 1. The van der Waals surface area contributed by atoms with E-state index in [1.807, 2.05) is 73.7 Å². The van der Waals surface area contributed by atoms with Crippen LogP contribution in [0.15, 0.2) is 85.3 Å². The van der Waals surface area contributed by atoms with Crippen LogP contribution in [-0.2, 0) is 0 Å². The van der Waals surface area contributed by atoms with Crippen molar-refractivity contribution in [2.24, 2.45) is 0 Å². The summed E-state index contributed by atoms with van der Waals surface area (Å²) in [5.41, 5.74) is 2.65. The van der Waals surface area contributed by atoms with Gasteiger partial charge in [-0.3, -0.25) is 10.1 Å². The van der Waals surface area contributed by atoms with E-state index in [1.54, 1.807) is 12.3 Å². The van der Waals surface area contributed by atoms with Crippen LogP contribution < -0.4 is 10.6 Å². The zero-order valence-electron chi connectivity index (χ0n) is 16.8. The highest BCUT2D eigenvalue weighted by Gasteiger charge is 2.26. The van der Waals surface area contributed by atoms with E-state index >= 15 is 0 Å². The molecule has 0 spiro atoms. The van der Waals surface area contributed by atoms with E-state index in [2.05, 4.69) is 25.6 Å². The maximum atomic E-state index is 12.0. The Labute approximate surface area is 179 Å². The molecule has 2 heterocycles. The van der Waals surface area contributed by atoms with Gasteiger partial charge < -0.3 is 10.6 Å². The number of rotatable bonds is 7. The van der Waals surface area contributed by atoms with E-state index in [-0.39, 0.29) is 23.4 Å². The molecular formula is C23H20N6O2. The predicted molar refractivity (Wildman–Crippen MR) is 119 cm³/mol. The van der Waals surface area contributed by atoms with Crippen LogP contribution in [0.4, 0.5) is 23.1 Å². The predicted octanol–water partition coefficient (Wildman–Crippen LogP) is 5.03. The summed E-state index contributed by atoms with van der Waals surface area (Å²) in [4.78, 5) is 24.0. The molecule has 31 heavy (non-hydrogen) atoms. The van der Waals surface area contributed by atoms with Gasteiger partial charge in [0.15, 0.2) is 0 Å². The minimum atomic E-state index is -0.494. The van der Waals surface area contributed by atoms with Gasteiger partial charge in [0.25, 0.3) is 0 Å². The molecule has 0 atom stereocenters. The first-order valence-electron chi connectivity index (χ1n) is 9.67. The first-order chi connectivity index (χ1) is 15.1. The molecule has 2 N–H and O–H groups in total. The fourth-order valence-electron chi connectivity index (χ4n) is 3.20. The average molecular weight is 412 g/mol. The zero-order valence-corrected chi connectivity index (χ0v) is 16.8. The van der Waals surface area contributed by atoms with Crippen molar-refractivity contribution in [1.82, 2.24) is 15.0 Å². The maximum absolute atomic E-state index is 12.0. The minimum absolute atomic E-state index is 0.0683. The molecule has 0 aliphatic rings. The highest BCUT2D eigenvalue weighted by Crippen LogP contribution is 2.34. The van der Waals surface area contributed by atoms with Crippen LogP contribution in [0.3, 0.4) is 0 Å². The summed E-state index contributed by atoms with van der Waals surface area (Å²) in [7, 11) is 0.